The molecule has 1 aromatic heterocycles. The minimum Gasteiger partial charge on any atom is -0.340 e. The van der Waals surface area contributed by atoms with Crippen molar-refractivity contribution in [2.75, 3.05) is 10.6 Å². The van der Waals surface area contributed by atoms with Crippen LogP contribution in [-0.2, 0) is 0 Å². The van der Waals surface area contributed by atoms with E-state index in [0.717, 1.165) is 0 Å². The Morgan fingerprint density at radius 1 is 0.793 bits per heavy atom. The van der Waals surface area contributed by atoms with E-state index < -0.39 is 5.91 Å². The Bertz CT molecular complexity index is 1110. The number of carbonyl (C=O) groups excluding carboxylic acids is 3. The highest BCUT2D eigenvalue weighted by Gasteiger charge is 2.12. The van der Waals surface area contributed by atoms with Crippen molar-refractivity contribution >= 4 is 34.7 Å². The molecule has 0 radical (unpaired) electrons. The van der Waals surface area contributed by atoms with Crippen LogP contribution in [0, 0.1) is 6.92 Å². The summed E-state index contributed by atoms with van der Waals surface area (Å²) in [6.07, 6.45) is 0. The number of ketones is 2. The second-order valence-corrected chi connectivity index (χ2v) is 6.54. The fraction of sp³-hybridized carbons (Fsp3) is 0.136. The monoisotopic (exact) mass is 388 g/mol. The van der Waals surface area contributed by atoms with E-state index in [0.29, 0.717) is 34.1 Å². The summed E-state index contributed by atoms with van der Waals surface area (Å²) in [6.45, 7) is 4.65. The number of nitrogens with one attached hydrogen (secondary N) is 2. The van der Waals surface area contributed by atoms with Crippen molar-refractivity contribution in [2.24, 2.45) is 0 Å². The van der Waals surface area contributed by atoms with Crippen LogP contribution in [-0.4, -0.2) is 27.4 Å². The van der Waals surface area contributed by atoms with Gasteiger partial charge in [0.1, 0.15) is 17.3 Å². The lowest BCUT2D eigenvalue weighted by Crippen LogP contribution is -2.15. The fourth-order valence-electron chi connectivity index (χ4n) is 2.72. The van der Waals surface area contributed by atoms with Gasteiger partial charge < -0.3 is 10.6 Å². The Balaban J connectivity index is 1.82. The molecule has 0 saturated carbocycles. The third-order valence-electron chi connectivity index (χ3n) is 4.14. The minimum atomic E-state index is -0.420. The number of aryl methyl sites for hydroxylation is 1. The molecule has 0 aliphatic heterocycles. The molecule has 7 heteroatoms. The first-order valence-corrected chi connectivity index (χ1v) is 8.98. The first kappa shape index (κ1) is 19.9. The molecular formula is C22H20N4O3. The van der Waals surface area contributed by atoms with E-state index in [1.807, 2.05) is 0 Å². The van der Waals surface area contributed by atoms with Crippen molar-refractivity contribution in [1.29, 1.82) is 0 Å². The summed E-state index contributed by atoms with van der Waals surface area (Å²) >= 11 is 0. The maximum atomic E-state index is 12.6. The van der Waals surface area contributed by atoms with Crippen molar-refractivity contribution in [3.63, 3.8) is 0 Å². The van der Waals surface area contributed by atoms with E-state index in [2.05, 4.69) is 20.6 Å². The van der Waals surface area contributed by atoms with E-state index in [-0.39, 0.29) is 17.3 Å². The summed E-state index contributed by atoms with van der Waals surface area (Å²) in [5.74, 6) is 0.302. The number of hydrogen-bond donors (Lipinski definition) is 2. The molecule has 0 aliphatic carbocycles. The van der Waals surface area contributed by atoms with Crippen LogP contribution < -0.4 is 10.6 Å². The van der Waals surface area contributed by atoms with Gasteiger partial charge in [0.2, 0.25) is 0 Å². The zero-order valence-electron chi connectivity index (χ0n) is 16.3. The van der Waals surface area contributed by atoms with Crippen molar-refractivity contribution < 1.29 is 14.4 Å². The van der Waals surface area contributed by atoms with E-state index in [4.69, 9.17) is 0 Å². The maximum Gasteiger partial charge on any atom is 0.274 e. The molecule has 3 rings (SSSR count). The topological polar surface area (TPSA) is 101 Å². The summed E-state index contributed by atoms with van der Waals surface area (Å²) in [6, 6.07) is 15.2. The van der Waals surface area contributed by atoms with E-state index in [1.54, 1.807) is 55.5 Å². The predicted molar refractivity (Wildman–Crippen MR) is 111 cm³/mol. The standard InChI is InChI=1S/C22H20N4O3/c1-13(27)16-6-4-8-18(10-16)25-21-12-20(23-15(3)24-21)22(29)26-19-9-5-7-17(11-19)14(2)28/h4-12H,1-3H3,(H,26,29)(H,23,24,25). The Hall–Kier alpha value is -3.87. The van der Waals surface area contributed by atoms with Crippen molar-refractivity contribution in [1.82, 2.24) is 9.97 Å². The van der Waals surface area contributed by atoms with Crippen LogP contribution in [0.4, 0.5) is 17.2 Å². The van der Waals surface area contributed by atoms with Crippen LogP contribution in [0.2, 0.25) is 0 Å². The maximum absolute atomic E-state index is 12.6. The van der Waals surface area contributed by atoms with Gasteiger partial charge in [-0.2, -0.15) is 0 Å². The Morgan fingerprint density at radius 2 is 1.38 bits per heavy atom. The highest BCUT2D eigenvalue weighted by atomic mass is 16.2. The number of aromatic nitrogens is 2. The second-order valence-electron chi connectivity index (χ2n) is 6.54. The van der Waals surface area contributed by atoms with Gasteiger partial charge in [-0.3, -0.25) is 14.4 Å². The molecule has 3 aromatic rings. The molecule has 146 valence electrons. The number of amides is 1. The molecule has 29 heavy (non-hydrogen) atoms. The lowest BCUT2D eigenvalue weighted by molar-refractivity contribution is 0.100. The second kappa shape index (κ2) is 8.43. The van der Waals surface area contributed by atoms with Crippen LogP contribution in [0.15, 0.2) is 54.6 Å². The summed E-state index contributed by atoms with van der Waals surface area (Å²) < 4.78 is 0. The smallest absolute Gasteiger partial charge is 0.274 e. The van der Waals surface area contributed by atoms with Crippen molar-refractivity contribution in [3.8, 4) is 0 Å². The highest BCUT2D eigenvalue weighted by Crippen LogP contribution is 2.18. The van der Waals surface area contributed by atoms with E-state index in [9.17, 15) is 14.4 Å². The third-order valence-corrected chi connectivity index (χ3v) is 4.14. The zero-order valence-corrected chi connectivity index (χ0v) is 16.3. The SMILES string of the molecule is CC(=O)c1cccc(NC(=O)c2cc(Nc3cccc(C(C)=O)c3)nc(C)n2)c1. The number of anilines is 3. The summed E-state index contributed by atoms with van der Waals surface area (Å²) in [4.78, 5) is 44.2. The molecule has 0 fully saturated rings. The zero-order chi connectivity index (χ0) is 21.0. The summed E-state index contributed by atoms with van der Waals surface area (Å²) in [5, 5.41) is 5.84. The molecular weight excluding hydrogens is 368 g/mol. The average molecular weight is 388 g/mol. The van der Waals surface area contributed by atoms with Crippen LogP contribution in [0.1, 0.15) is 50.9 Å². The van der Waals surface area contributed by atoms with Crippen molar-refractivity contribution in [3.05, 3.63) is 77.2 Å². The molecule has 0 aliphatic rings. The van der Waals surface area contributed by atoms with Gasteiger partial charge in [0.05, 0.1) is 0 Å². The molecule has 0 bridgehead atoms. The Labute approximate surface area is 168 Å². The lowest BCUT2D eigenvalue weighted by Gasteiger charge is -2.10. The number of carbonyl (C=O) groups is 3. The quantitative estimate of drug-likeness (QED) is 0.614. The number of hydrogen-bond acceptors (Lipinski definition) is 6. The molecule has 2 N–H and O–H groups in total. The lowest BCUT2D eigenvalue weighted by atomic mass is 10.1. The van der Waals surface area contributed by atoms with Gasteiger partial charge in [-0.15, -0.1) is 0 Å². The summed E-state index contributed by atoms with van der Waals surface area (Å²) in [7, 11) is 0. The van der Waals surface area contributed by atoms with Gasteiger partial charge in [-0.1, -0.05) is 24.3 Å². The van der Waals surface area contributed by atoms with Crippen molar-refractivity contribution in [2.45, 2.75) is 20.8 Å². The predicted octanol–water partition coefficient (Wildman–Crippen LogP) is 4.19. The van der Waals surface area contributed by atoms with Crippen LogP contribution >= 0.6 is 0 Å². The average Bonchev–Trinajstić information content (AvgIpc) is 2.68. The Kier molecular flexibility index (Phi) is 5.78. The molecule has 1 heterocycles. The molecule has 0 unspecified atom stereocenters. The Morgan fingerprint density at radius 3 is 2.00 bits per heavy atom. The molecule has 1 amide bonds. The van der Waals surface area contributed by atoms with Gasteiger partial charge >= 0.3 is 0 Å². The highest BCUT2D eigenvalue weighted by molar-refractivity contribution is 6.04. The molecule has 0 saturated heterocycles. The van der Waals surface area contributed by atoms with Gasteiger partial charge in [0, 0.05) is 28.6 Å². The largest absolute Gasteiger partial charge is 0.340 e. The van der Waals surface area contributed by atoms with Crippen LogP contribution in [0.25, 0.3) is 0 Å². The van der Waals surface area contributed by atoms with Crippen LogP contribution in [0.5, 0.6) is 0 Å². The number of benzene rings is 2. The van der Waals surface area contributed by atoms with Gasteiger partial charge in [-0.25, -0.2) is 9.97 Å². The number of Topliss-reactive ketones (excluding diaryl/α,β-unsaturated/α-hetero) is 2. The first-order valence-electron chi connectivity index (χ1n) is 8.98. The van der Waals surface area contributed by atoms with E-state index in [1.165, 1.54) is 19.9 Å². The summed E-state index contributed by atoms with van der Waals surface area (Å²) in [5.41, 5.74) is 2.44. The van der Waals surface area contributed by atoms with Gasteiger partial charge in [-0.05, 0) is 45.0 Å². The molecule has 7 nitrogen and oxygen atoms in total. The molecule has 0 atom stereocenters. The fourth-order valence-corrected chi connectivity index (χ4v) is 2.72. The third kappa shape index (κ3) is 5.10. The van der Waals surface area contributed by atoms with Gasteiger partial charge in [0.15, 0.2) is 11.6 Å². The van der Waals surface area contributed by atoms with Gasteiger partial charge in [0.25, 0.3) is 5.91 Å². The molecule has 0 spiro atoms. The molecule has 2 aromatic carbocycles. The number of rotatable bonds is 6. The van der Waals surface area contributed by atoms with Crippen LogP contribution in [0.3, 0.4) is 0 Å². The number of nitrogens with zero attached hydrogens (tertiary/aromatic N) is 2. The first-order chi connectivity index (χ1) is 13.8. The minimum absolute atomic E-state index is 0.0413. The normalized spacial score (nSPS) is 10.3. The van der Waals surface area contributed by atoms with E-state index >= 15 is 0 Å².